The zero-order valence-corrected chi connectivity index (χ0v) is 15.7. The lowest BCUT2D eigenvalue weighted by Gasteiger charge is -2.52. The molecule has 5 fully saturated rings. The minimum atomic E-state index is -0.104. The number of hydrogen-bond acceptors (Lipinski definition) is 4. The summed E-state index contributed by atoms with van der Waals surface area (Å²) in [5.41, 5.74) is 0.407. The summed E-state index contributed by atoms with van der Waals surface area (Å²) >= 11 is 0. The summed E-state index contributed by atoms with van der Waals surface area (Å²) in [6, 6.07) is 1.64. The largest absolute Gasteiger partial charge is 0.450 e. The summed E-state index contributed by atoms with van der Waals surface area (Å²) in [4.78, 5) is 19.4. The molecule has 0 aromatic heterocycles. The second-order valence-corrected chi connectivity index (χ2v) is 9.41. The minimum Gasteiger partial charge on any atom is -0.450 e. The average molecular weight is 348 g/mol. The van der Waals surface area contributed by atoms with Crippen molar-refractivity contribution in [3.63, 3.8) is 0 Å². The van der Waals surface area contributed by atoms with Gasteiger partial charge in [0.15, 0.2) is 0 Å². The second kappa shape index (κ2) is 6.12. The summed E-state index contributed by atoms with van der Waals surface area (Å²) < 4.78 is 5.17. The van der Waals surface area contributed by atoms with Crippen LogP contribution < -0.4 is 0 Å². The van der Waals surface area contributed by atoms with E-state index in [9.17, 15) is 4.79 Å². The average Bonchev–Trinajstić information content (AvgIpc) is 3.01. The topological polar surface area (TPSA) is 36.0 Å². The van der Waals surface area contributed by atoms with Crippen LogP contribution in [0.5, 0.6) is 0 Å². The van der Waals surface area contributed by atoms with Gasteiger partial charge in [-0.1, -0.05) is 0 Å². The SMILES string of the molecule is CCOC(=O)N1CCC2(CC(N3CCC(N4CC5CC5C4)CC3)C2)C1. The van der Waals surface area contributed by atoms with E-state index in [1.165, 1.54) is 64.7 Å². The van der Waals surface area contributed by atoms with Crippen molar-refractivity contribution in [2.24, 2.45) is 17.3 Å². The molecule has 2 atom stereocenters. The highest BCUT2D eigenvalue weighted by Crippen LogP contribution is 2.51. The molecule has 0 bridgehead atoms. The van der Waals surface area contributed by atoms with Crippen molar-refractivity contribution in [1.29, 1.82) is 0 Å². The number of piperidine rings is 2. The summed E-state index contributed by atoms with van der Waals surface area (Å²) in [5.74, 6) is 2.13. The number of amides is 1. The van der Waals surface area contributed by atoms with Gasteiger partial charge >= 0.3 is 6.09 Å². The van der Waals surface area contributed by atoms with Crippen LogP contribution in [0, 0.1) is 17.3 Å². The highest BCUT2D eigenvalue weighted by atomic mass is 16.6. The van der Waals surface area contributed by atoms with Crippen LogP contribution in [0.3, 0.4) is 0 Å². The Balaban J connectivity index is 1.07. The Kier molecular flexibility index (Phi) is 4.01. The van der Waals surface area contributed by atoms with Crippen molar-refractivity contribution in [3.8, 4) is 0 Å². The van der Waals surface area contributed by atoms with E-state index in [0.717, 1.165) is 37.0 Å². The molecule has 3 heterocycles. The molecule has 5 aliphatic rings. The van der Waals surface area contributed by atoms with Crippen molar-refractivity contribution in [2.75, 3.05) is 45.9 Å². The maximum atomic E-state index is 11.9. The van der Waals surface area contributed by atoms with Crippen molar-refractivity contribution in [3.05, 3.63) is 0 Å². The first-order valence-electron chi connectivity index (χ1n) is 10.6. The van der Waals surface area contributed by atoms with Crippen LogP contribution in [0.4, 0.5) is 4.79 Å². The predicted octanol–water partition coefficient (Wildman–Crippen LogP) is 2.41. The van der Waals surface area contributed by atoms with Crippen LogP contribution in [0.15, 0.2) is 0 Å². The van der Waals surface area contributed by atoms with Gasteiger partial charge in [-0.3, -0.25) is 4.90 Å². The van der Waals surface area contributed by atoms with Gasteiger partial charge in [0, 0.05) is 38.3 Å². The Hall–Kier alpha value is -0.810. The Morgan fingerprint density at radius 1 is 1.04 bits per heavy atom. The van der Waals surface area contributed by atoms with Gasteiger partial charge in [-0.15, -0.1) is 0 Å². The fourth-order valence-corrected chi connectivity index (χ4v) is 6.19. The van der Waals surface area contributed by atoms with E-state index < -0.39 is 0 Å². The zero-order chi connectivity index (χ0) is 17.0. The summed E-state index contributed by atoms with van der Waals surface area (Å²) in [6.45, 7) is 9.56. The number of hydrogen-bond donors (Lipinski definition) is 0. The third-order valence-electron chi connectivity index (χ3n) is 7.84. The normalized spacial score (nSPS) is 41.8. The van der Waals surface area contributed by atoms with E-state index in [1.54, 1.807) is 0 Å². The molecule has 5 rings (SSSR count). The van der Waals surface area contributed by atoms with Crippen LogP contribution in [0.2, 0.25) is 0 Å². The molecule has 0 aromatic carbocycles. The first-order valence-corrected chi connectivity index (χ1v) is 10.6. The maximum absolute atomic E-state index is 11.9. The monoisotopic (exact) mass is 347 g/mol. The van der Waals surface area contributed by atoms with Gasteiger partial charge in [0.1, 0.15) is 0 Å². The molecule has 5 heteroatoms. The molecule has 2 unspecified atom stereocenters. The van der Waals surface area contributed by atoms with Crippen molar-refractivity contribution in [2.45, 2.75) is 57.5 Å². The fourth-order valence-electron chi connectivity index (χ4n) is 6.19. The molecule has 140 valence electrons. The summed E-state index contributed by atoms with van der Waals surface area (Å²) in [5, 5.41) is 0. The van der Waals surface area contributed by atoms with Crippen LogP contribution in [-0.4, -0.2) is 78.8 Å². The molecule has 2 aliphatic carbocycles. The highest BCUT2D eigenvalue weighted by molar-refractivity contribution is 5.68. The Bertz CT molecular complexity index is 515. The van der Waals surface area contributed by atoms with Crippen molar-refractivity contribution >= 4 is 6.09 Å². The van der Waals surface area contributed by atoms with Crippen LogP contribution >= 0.6 is 0 Å². The lowest BCUT2D eigenvalue weighted by molar-refractivity contribution is -0.0149. The number of nitrogens with zero attached hydrogens (tertiary/aromatic N) is 3. The van der Waals surface area contributed by atoms with E-state index in [0.29, 0.717) is 12.0 Å². The molecule has 0 radical (unpaired) electrons. The Labute approximate surface area is 151 Å². The van der Waals surface area contributed by atoms with Gasteiger partial charge in [-0.25, -0.2) is 4.79 Å². The van der Waals surface area contributed by atoms with Crippen LogP contribution in [0.25, 0.3) is 0 Å². The number of carbonyl (C=O) groups excluding carboxylic acids is 1. The van der Waals surface area contributed by atoms with E-state index in [1.807, 2.05) is 11.8 Å². The zero-order valence-electron chi connectivity index (χ0n) is 15.7. The molecule has 0 N–H and O–H groups in total. The smallest absolute Gasteiger partial charge is 0.409 e. The first kappa shape index (κ1) is 16.4. The van der Waals surface area contributed by atoms with Gasteiger partial charge < -0.3 is 14.5 Å². The minimum absolute atomic E-state index is 0.104. The first-order chi connectivity index (χ1) is 12.2. The third-order valence-corrected chi connectivity index (χ3v) is 7.84. The molecule has 1 amide bonds. The second-order valence-electron chi connectivity index (χ2n) is 9.41. The van der Waals surface area contributed by atoms with Gasteiger partial charge in [-0.2, -0.15) is 0 Å². The fraction of sp³-hybridized carbons (Fsp3) is 0.950. The lowest BCUT2D eigenvalue weighted by atomic mass is 9.64. The van der Waals surface area contributed by atoms with Crippen LogP contribution in [0.1, 0.15) is 45.4 Å². The van der Waals surface area contributed by atoms with Gasteiger partial charge in [0.2, 0.25) is 0 Å². The van der Waals surface area contributed by atoms with Gasteiger partial charge in [0.05, 0.1) is 6.61 Å². The molecule has 25 heavy (non-hydrogen) atoms. The standard InChI is InChI=1S/C20H33N3O2/c1-2-25-19(24)22-8-5-20(14-22)10-18(11-20)21-6-3-17(4-7-21)23-12-15-9-16(15)13-23/h15-18H,2-14H2,1H3. The molecule has 1 spiro atoms. The van der Waals surface area contributed by atoms with E-state index in [2.05, 4.69) is 9.80 Å². The molecular formula is C20H33N3O2. The quantitative estimate of drug-likeness (QED) is 0.785. The number of carbonyl (C=O) groups is 1. The number of fused-ring (bicyclic) bond motifs is 1. The number of ether oxygens (including phenoxy) is 1. The molecule has 5 nitrogen and oxygen atoms in total. The molecule has 3 saturated heterocycles. The van der Waals surface area contributed by atoms with Crippen molar-refractivity contribution < 1.29 is 9.53 Å². The Morgan fingerprint density at radius 3 is 2.44 bits per heavy atom. The summed E-state index contributed by atoms with van der Waals surface area (Å²) in [6.07, 6.45) is 7.92. The van der Waals surface area contributed by atoms with Gasteiger partial charge in [-0.05, 0) is 75.8 Å². The predicted molar refractivity (Wildman–Crippen MR) is 96.4 cm³/mol. The molecule has 3 aliphatic heterocycles. The molecule has 2 saturated carbocycles. The summed E-state index contributed by atoms with van der Waals surface area (Å²) in [7, 11) is 0. The maximum Gasteiger partial charge on any atom is 0.409 e. The Morgan fingerprint density at radius 2 is 1.76 bits per heavy atom. The number of likely N-dealkylation sites (tertiary alicyclic amines) is 3. The third kappa shape index (κ3) is 2.97. The van der Waals surface area contributed by atoms with E-state index in [4.69, 9.17) is 4.74 Å². The van der Waals surface area contributed by atoms with Gasteiger partial charge in [0.25, 0.3) is 0 Å². The molecular weight excluding hydrogens is 314 g/mol. The van der Waals surface area contributed by atoms with E-state index in [-0.39, 0.29) is 6.09 Å². The van der Waals surface area contributed by atoms with E-state index >= 15 is 0 Å². The lowest BCUT2D eigenvalue weighted by Crippen LogP contribution is -2.56. The molecule has 0 aromatic rings. The highest BCUT2D eigenvalue weighted by Gasteiger charge is 2.52. The van der Waals surface area contributed by atoms with Crippen molar-refractivity contribution in [1.82, 2.24) is 14.7 Å². The van der Waals surface area contributed by atoms with Crippen LogP contribution in [-0.2, 0) is 4.74 Å². The number of rotatable bonds is 3.